The predicted molar refractivity (Wildman–Crippen MR) is 51.6 cm³/mol. The van der Waals surface area contributed by atoms with Crippen molar-refractivity contribution in [3.8, 4) is 0 Å². The summed E-state index contributed by atoms with van der Waals surface area (Å²) in [6.45, 7) is 7.88. The number of rotatable bonds is 6. The van der Waals surface area contributed by atoms with E-state index in [1.165, 1.54) is 0 Å². The molecule has 80 valence electrons. The molecule has 0 radical (unpaired) electrons. The molecule has 0 amide bonds. The summed E-state index contributed by atoms with van der Waals surface area (Å²) in [6, 6.07) is 0. The maximum atomic E-state index is 11.2. The molecule has 0 aromatic rings. The first-order valence-corrected chi connectivity index (χ1v) is 4.57. The average molecular weight is 200 g/mol. The van der Waals surface area contributed by atoms with Gasteiger partial charge in [0.15, 0.2) is 0 Å². The van der Waals surface area contributed by atoms with Gasteiger partial charge < -0.3 is 9.47 Å². The van der Waals surface area contributed by atoms with Crippen molar-refractivity contribution in [2.24, 2.45) is 5.92 Å². The summed E-state index contributed by atoms with van der Waals surface area (Å²) >= 11 is 0. The third-order valence-corrected chi connectivity index (χ3v) is 1.67. The summed E-state index contributed by atoms with van der Waals surface area (Å²) in [7, 11) is 0. The van der Waals surface area contributed by atoms with Crippen LogP contribution >= 0.6 is 0 Å². The Morgan fingerprint density at radius 2 is 2.14 bits per heavy atom. The molecule has 0 heterocycles. The van der Waals surface area contributed by atoms with Crippen LogP contribution in [0.2, 0.25) is 0 Å². The Hall–Kier alpha value is -1.16. The van der Waals surface area contributed by atoms with Crippen molar-refractivity contribution < 1.29 is 19.1 Å². The van der Waals surface area contributed by atoms with Crippen LogP contribution in [0.15, 0.2) is 12.7 Å². The lowest BCUT2D eigenvalue weighted by atomic mass is 10.1. The topological polar surface area (TPSA) is 52.6 Å². The largest absolute Gasteiger partial charge is 0.390 e. The van der Waals surface area contributed by atoms with E-state index in [0.717, 1.165) is 6.08 Å². The van der Waals surface area contributed by atoms with Gasteiger partial charge in [0.25, 0.3) is 0 Å². The van der Waals surface area contributed by atoms with Gasteiger partial charge in [0.05, 0.1) is 5.92 Å². The van der Waals surface area contributed by atoms with Crippen LogP contribution < -0.4 is 0 Å². The van der Waals surface area contributed by atoms with Gasteiger partial charge >= 0.3 is 11.9 Å². The molecule has 0 bridgehead atoms. The van der Waals surface area contributed by atoms with Crippen LogP contribution in [0.25, 0.3) is 0 Å². The molecule has 14 heavy (non-hydrogen) atoms. The van der Waals surface area contributed by atoms with Gasteiger partial charge in [-0.2, -0.15) is 0 Å². The minimum absolute atomic E-state index is 0.328. The summed E-state index contributed by atoms with van der Waals surface area (Å²) in [5, 5.41) is 0. The molecule has 0 aromatic carbocycles. The first-order chi connectivity index (χ1) is 6.61. The van der Waals surface area contributed by atoms with Gasteiger partial charge in [-0.1, -0.05) is 13.5 Å². The van der Waals surface area contributed by atoms with Crippen molar-refractivity contribution in [2.45, 2.75) is 20.3 Å². The summed E-state index contributed by atoms with van der Waals surface area (Å²) in [4.78, 5) is 21.8. The third kappa shape index (κ3) is 5.48. The van der Waals surface area contributed by atoms with Crippen molar-refractivity contribution in [1.82, 2.24) is 0 Å². The average Bonchev–Trinajstić information content (AvgIpc) is 2.17. The van der Waals surface area contributed by atoms with Crippen LogP contribution in [0, 0.1) is 5.92 Å². The van der Waals surface area contributed by atoms with Gasteiger partial charge in [-0.05, 0) is 13.3 Å². The fraction of sp³-hybridized carbons (Fsp3) is 0.600. The molecule has 1 atom stereocenters. The van der Waals surface area contributed by atoms with Crippen molar-refractivity contribution in [3.05, 3.63) is 12.7 Å². The maximum absolute atomic E-state index is 11.2. The lowest BCUT2D eigenvalue weighted by molar-refractivity contribution is -0.159. The number of ether oxygens (including phenoxy) is 2. The van der Waals surface area contributed by atoms with Crippen molar-refractivity contribution in [2.75, 3.05) is 13.2 Å². The second kappa shape index (κ2) is 7.26. The molecule has 0 rings (SSSR count). The zero-order valence-electron chi connectivity index (χ0n) is 8.62. The molecule has 4 nitrogen and oxygen atoms in total. The van der Waals surface area contributed by atoms with E-state index >= 15 is 0 Å². The van der Waals surface area contributed by atoms with E-state index in [1.807, 2.05) is 6.92 Å². The number of carbonyl (C=O) groups excluding carboxylic acids is 2. The Balaban J connectivity index is 3.75. The van der Waals surface area contributed by atoms with E-state index in [1.54, 1.807) is 6.92 Å². The minimum atomic E-state index is -0.710. The fourth-order valence-corrected chi connectivity index (χ4v) is 0.764. The monoisotopic (exact) mass is 200 g/mol. The molecule has 0 N–H and O–H groups in total. The van der Waals surface area contributed by atoms with E-state index in [4.69, 9.17) is 4.74 Å². The van der Waals surface area contributed by atoms with Crippen molar-refractivity contribution in [1.29, 1.82) is 0 Å². The highest BCUT2D eigenvalue weighted by atomic mass is 16.6. The molecular formula is C10H16O4. The van der Waals surface area contributed by atoms with E-state index in [9.17, 15) is 9.59 Å². The standard InChI is InChI=1S/C10H16O4/c1-4-9(11)14-10(12)8(3)6-7-13-5-2/h4,8H,1,5-7H2,2-3H3. The molecule has 0 aliphatic carbocycles. The summed E-state index contributed by atoms with van der Waals surface area (Å²) in [5.41, 5.74) is 0. The number of hydrogen-bond acceptors (Lipinski definition) is 4. The van der Waals surface area contributed by atoms with Crippen LogP contribution in [0.5, 0.6) is 0 Å². The molecular weight excluding hydrogens is 184 g/mol. The lowest BCUT2D eigenvalue weighted by Gasteiger charge is -2.08. The first kappa shape index (κ1) is 12.8. The van der Waals surface area contributed by atoms with E-state index in [0.29, 0.717) is 19.6 Å². The summed E-state index contributed by atoms with van der Waals surface area (Å²) < 4.78 is 9.51. The molecule has 0 aliphatic rings. The molecule has 0 saturated carbocycles. The molecule has 4 heteroatoms. The summed E-state index contributed by atoms with van der Waals surface area (Å²) in [6.07, 6.45) is 1.52. The Morgan fingerprint density at radius 3 is 2.64 bits per heavy atom. The van der Waals surface area contributed by atoms with Crippen LogP contribution in [-0.4, -0.2) is 25.2 Å². The fourth-order valence-electron chi connectivity index (χ4n) is 0.764. The molecule has 0 aliphatic heterocycles. The van der Waals surface area contributed by atoms with Gasteiger partial charge in [0, 0.05) is 19.3 Å². The van der Waals surface area contributed by atoms with Gasteiger partial charge in [0.2, 0.25) is 0 Å². The van der Waals surface area contributed by atoms with Gasteiger partial charge in [0.1, 0.15) is 0 Å². The van der Waals surface area contributed by atoms with E-state index in [2.05, 4.69) is 11.3 Å². The molecule has 0 aromatic heterocycles. The normalized spacial score (nSPS) is 11.9. The van der Waals surface area contributed by atoms with Gasteiger partial charge in [-0.25, -0.2) is 4.79 Å². The highest BCUT2D eigenvalue weighted by Crippen LogP contribution is 2.05. The first-order valence-electron chi connectivity index (χ1n) is 4.57. The Labute approximate surface area is 83.9 Å². The summed E-state index contributed by atoms with van der Waals surface area (Å²) in [5.74, 6) is -1.57. The quantitative estimate of drug-likeness (QED) is 0.281. The second-order valence-corrected chi connectivity index (χ2v) is 2.83. The Bertz CT molecular complexity index is 210. The zero-order valence-corrected chi connectivity index (χ0v) is 8.62. The zero-order chi connectivity index (χ0) is 11.0. The highest BCUT2D eigenvalue weighted by molar-refractivity contribution is 5.92. The number of esters is 2. The number of carbonyl (C=O) groups is 2. The molecule has 0 fully saturated rings. The van der Waals surface area contributed by atoms with Crippen LogP contribution in [0.3, 0.4) is 0 Å². The van der Waals surface area contributed by atoms with Crippen LogP contribution in [-0.2, 0) is 19.1 Å². The lowest BCUT2D eigenvalue weighted by Crippen LogP contribution is -2.19. The second-order valence-electron chi connectivity index (χ2n) is 2.83. The molecule has 0 spiro atoms. The number of hydrogen-bond donors (Lipinski definition) is 0. The minimum Gasteiger partial charge on any atom is -0.390 e. The maximum Gasteiger partial charge on any atom is 0.337 e. The Kier molecular flexibility index (Phi) is 6.66. The molecule has 1 unspecified atom stereocenters. The van der Waals surface area contributed by atoms with Crippen LogP contribution in [0.4, 0.5) is 0 Å². The third-order valence-electron chi connectivity index (χ3n) is 1.67. The van der Waals surface area contributed by atoms with Crippen molar-refractivity contribution >= 4 is 11.9 Å². The van der Waals surface area contributed by atoms with Gasteiger partial charge in [-0.15, -0.1) is 0 Å². The predicted octanol–water partition coefficient (Wildman–Crippen LogP) is 1.30. The SMILES string of the molecule is C=CC(=O)OC(=O)C(C)CCOCC. The smallest absolute Gasteiger partial charge is 0.337 e. The van der Waals surface area contributed by atoms with Gasteiger partial charge in [-0.3, -0.25) is 4.79 Å². The van der Waals surface area contributed by atoms with Crippen molar-refractivity contribution in [3.63, 3.8) is 0 Å². The van der Waals surface area contributed by atoms with E-state index in [-0.39, 0.29) is 5.92 Å². The highest BCUT2D eigenvalue weighted by Gasteiger charge is 2.16. The Morgan fingerprint density at radius 1 is 1.50 bits per heavy atom. The van der Waals surface area contributed by atoms with Crippen LogP contribution in [0.1, 0.15) is 20.3 Å². The molecule has 0 saturated heterocycles. The van der Waals surface area contributed by atoms with E-state index < -0.39 is 11.9 Å².